The minimum absolute atomic E-state index is 0.0551. The first-order chi connectivity index (χ1) is 12.6. The smallest absolute Gasteiger partial charge is 0.257 e. The van der Waals surface area contributed by atoms with Gasteiger partial charge in [0, 0.05) is 37.0 Å². The molecule has 0 saturated carbocycles. The van der Waals surface area contributed by atoms with Gasteiger partial charge in [-0.15, -0.1) is 0 Å². The fourth-order valence-corrected chi connectivity index (χ4v) is 3.13. The molecule has 2 aromatic carbocycles. The fourth-order valence-electron chi connectivity index (χ4n) is 3.00. The van der Waals surface area contributed by atoms with Gasteiger partial charge in [-0.3, -0.25) is 4.79 Å². The number of piperidine rings is 1. The Bertz CT molecular complexity index is 755. The second kappa shape index (κ2) is 8.32. The predicted molar refractivity (Wildman–Crippen MR) is 100 cm³/mol. The number of halogens is 1. The van der Waals surface area contributed by atoms with Gasteiger partial charge in [-0.2, -0.15) is 0 Å². The Balaban J connectivity index is 1.57. The van der Waals surface area contributed by atoms with Crippen molar-refractivity contribution in [2.45, 2.75) is 25.9 Å². The Hall–Kier alpha value is -2.40. The summed E-state index contributed by atoms with van der Waals surface area (Å²) < 4.78 is 11.3. The lowest BCUT2D eigenvalue weighted by atomic mass is 10.1. The van der Waals surface area contributed by atoms with Crippen molar-refractivity contribution in [3.63, 3.8) is 0 Å². The molecule has 0 aliphatic carbocycles. The topological polar surface area (TPSA) is 59.0 Å². The van der Waals surface area contributed by atoms with Gasteiger partial charge in [-0.05, 0) is 43.3 Å². The lowest BCUT2D eigenvalue weighted by molar-refractivity contribution is 0.0593. The van der Waals surface area contributed by atoms with E-state index in [1.807, 2.05) is 19.1 Å². The average Bonchev–Trinajstić information content (AvgIpc) is 2.64. The first kappa shape index (κ1) is 18.4. The van der Waals surface area contributed by atoms with Crippen molar-refractivity contribution in [2.75, 3.05) is 19.7 Å². The zero-order valence-corrected chi connectivity index (χ0v) is 15.4. The Kier molecular flexibility index (Phi) is 5.89. The van der Waals surface area contributed by atoms with E-state index in [2.05, 4.69) is 0 Å². The Morgan fingerprint density at radius 3 is 2.42 bits per heavy atom. The van der Waals surface area contributed by atoms with Crippen molar-refractivity contribution in [1.29, 1.82) is 0 Å². The van der Waals surface area contributed by atoms with Gasteiger partial charge in [0.2, 0.25) is 0 Å². The van der Waals surface area contributed by atoms with Gasteiger partial charge in [-0.1, -0.05) is 11.6 Å². The number of phenolic OH excluding ortho intramolecular Hbond substituents is 1. The van der Waals surface area contributed by atoms with Crippen LogP contribution in [0.1, 0.15) is 30.1 Å². The zero-order valence-electron chi connectivity index (χ0n) is 14.7. The van der Waals surface area contributed by atoms with Crippen LogP contribution in [0.4, 0.5) is 0 Å². The SMILES string of the molecule is CCOc1ccc(C(=O)N2CCC(Oc3ccc(Cl)cc3)CC2)c(O)c1. The normalized spacial score (nSPS) is 14.9. The average molecular weight is 376 g/mol. The molecule has 138 valence electrons. The first-order valence-electron chi connectivity index (χ1n) is 8.74. The van der Waals surface area contributed by atoms with Crippen LogP contribution >= 0.6 is 11.6 Å². The highest BCUT2D eigenvalue weighted by molar-refractivity contribution is 6.30. The molecule has 5 nitrogen and oxygen atoms in total. The zero-order chi connectivity index (χ0) is 18.5. The van der Waals surface area contributed by atoms with Gasteiger partial charge >= 0.3 is 0 Å². The highest BCUT2D eigenvalue weighted by atomic mass is 35.5. The number of rotatable bonds is 5. The molecule has 0 bridgehead atoms. The van der Waals surface area contributed by atoms with Crippen LogP contribution in [0, 0.1) is 0 Å². The molecule has 1 fully saturated rings. The number of likely N-dealkylation sites (tertiary alicyclic amines) is 1. The number of benzene rings is 2. The van der Waals surface area contributed by atoms with Gasteiger partial charge in [0.1, 0.15) is 23.4 Å². The highest BCUT2D eigenvalue weighted by Gasteiger charge is 2.26. The lowest BCUT2D eigenvalue weighted by Crippen LogP contribution is -2.41. The maximum Gasteiger partial charge on any atom is 0.257 e. The van der Waals surface area contributed by atoms with Crippen LogP contribution in [-0.4, -0.2) is 41.7 Å². The summed E-state index contributed by atoms with van der Waals surface area (Å²) in [6, 6.07) is 12.1. The van der Waals surface area contributed by atoms with Crippen molar-refractivity contribution >= 4 is 17.5 Å². The third kappa shape index (κ3) is 4.41. The number of carbonyl (C=O) groups excluding carboxylic acids is 1. The number of ether oxygens (including phenoxy) is 2. The third-order valence-corrected chi connectivity index (χ3v) is 4.61. The summed E-state index contributed by atoms with van der Waals surface area (Å²) in [4.78, 5) is 14.4. The molecule has 1 aliphatic rings. The van der Waals surface area contributed by atoms with Crippen molar-refractivity contribution in [1.82, 2.24) is 4.90 Å². The third-order valence-electron chi connectivity index (χ3n) is 4.36. The molecule has 6 heteroatoms. The van der Waals surface area contributed by atoms with Gasteiger partial charge in [0.05, 0.1) is 12.2 Å². The number of hydrogen-bond donors (Lipinski definition) is 1. The molecule has 0 spiro atoms. The maximum absolute atomic E-state index is 12.7. The van der Waals surface area contributed by atoms with E-state index >= 15 is 0 Å². The van der Waals surface area contributed by atoms with Crippen molar-refractivity contribution in [3.8, 4) is 17.2 Å². The molecular formula is C20H22ClNO4. The Labute approximate surface area is 158 Å². The largest absolute Gasteiger partial charge is 0.507 e. The van der Waals surface area contributed by atoms with Crippen LogP contribution in [0.25, 0.3) is 0 Å². The van der Waals surface area contributed by atoms with Crippen LogP contribution in [-0.2, 0) is 0 Å². The summed E-state index contributed by atoms with van der Waals surface area (Å²) in [6.45, 7) is 3.55. The molecular weight excluding hydrogens is 354 g/mol. The molecule has 1 aliphatic heterocycles. The molecule has 1 amide bonds. The van der Waals surface area contributed by atoms with E-state index in [-0.39, 0.29) is 17.8 Å². The lowest BCUT2D eigenvalue weighted by Gasteiger charge is -2.32. The second-order valence-corrected chi connectivity index (χ2v) is 6.61. The summed E-state index contributed by atoms with van der Waals surface area (Å²) in [5.41, 5.74) is 0.297. The molecule has 1 N–H and O–H groups in total. The molecule has 1 heterocycles. The summed E-state index contributed by atoms with van der Waals surface area (Å²) in [7, 11) is 0. The number of carbonyl (C=O) groups is 1. The highest BCUT2D eigenvalue weighted by Crippen LogP contribution is 2.27. The number of amides is 1. The van der Waals surface area contributed by atoms with Crippen molar-refractivity contribution in [3.05, 3.63) is 53.1 Å². The van der Waals surface area contributed by atoms with Crippen molar-refractivity contribution in [2.24, 2.45) is 0 Å². The second-order valence-electron chi connectivity index (χ2n) is 6.18. The van der Waals surface area contributed by atoms with Crippen LogP contribution in [0.5, 0.6) is 17.2 Å². The first-order valence-corrected chi connectivity index (χ1v) is 9.12. The minimum atomic E-state index is -0.171. The molecule has 2 aromatic rings. The molecule has 1 saturated heterocycles. The Morgan fingerprint density at radius 2 is 1.81 bits per heavy atom. The molecule has 3 rings (SSSR count). The quantitative estimate of drug-likeness (QED) is 0.853. The Morgan fingerprint density at radius 1 is 1.15 bits per heavy atom. The maximum atomic E-state index is 12.7. The minimum Gasteiger partial charge on any atom is -0.507 e. The number of nitrogens with zero attached hydrogens (tertiary/aromatic N) is 1. The number of aromatic hydroxyl groups is 1. The van der Waals surface area contributed by atoms with E-state index in [1.54, 1.807) is 29.2 Å². The molecule has 0 radical (unpaired) electrons. The van der Waals surface area contributed by atoms with Crippen LogP contribution < -0.4 is 9.47 Å². The van der Waals surface area contributed by atoms with Gasteiger partial charge < -0.3 is 19.5 Å². The van der Waals surface area contributed by atoms with E-state index in [0.29, 0.717) is 36.0 Å². The van der Waals surface area contributed by atoms with Gasteiger partial charge in [0.25, 0.3) is 5.91 Å². The van der Waals surface area contributed by atoms with Gasteiger partial charge in [-0.25, -0.2) is 0 Å². The molecule has 0 atom stereocenters. The molecule has 0 aromatic heterocycles. The standard InChI is InChI=1S/C20H22ClNO4/c1-2-25-17-7-8-18(19(23)13-17)20(24)22-11-9-16(10-12-22)26-15-5-3-14(21)4-6-15/h3-8,13,16,23H,2,9-12H2,1H3. The van der Waals surface area contributed by atoms with Crippen molar-refractivity contribution < 1.29 is 19.4 Å². The fraction of sp³-hybridized carbons (Fsp3) is 0.350. The van der Waals surface area contributed by atoms with E-state index < -0.39 is 0 Å². The summed E-state index contributed by atoms with van der Waals surface area (Å²) in [6.07, 6.45) is 1.55. The van der Waals surface area contributed by atoms with Gasteiger partial charge in [0.15, 0.2) is 0 Å². The molecule has 0 unspecified atom stereocenters. The molecule has 26 heavy (non-hydrogen) atoms. The summed E-state index contributed by atoms with van der Waals surface area (Å²) >= 11 is 5.88. The van der Waals surface area contributed by atoms with Crippen LogP contribution in [0.15, 0.2) is 42.5 Å². The number of phenols is 1. The van der Waals surface area contributed by atoms with Crippen LogP contribution in [0.3, 0.4) is 0 Å². The van der Waals surface area contributed by atoms with E-state index in [4.69, 9.17) is 21.1 Å². The number of hydrogen-bond acceptors (Lipinski definition) is 4. The monoisotopic (exact) mass is 375 g/mol. The summed E-state index contributed by atoms with van der Waals surface area (Å²) in [5.74, 6) is 1.11. The van der Waals surface area contributed by atoms with E-state index in [0.717, 1.165) is 18.6 Å². The predicted octanol–water partition coefficient (Wildman–Crippen LogP) is 4.13. The van der Waals surface area contributed by atoms with Crippen LogP contribution in [0.2, 0.25) is 5.02 Å². The van der Waals surface area contributed by atoms with E-state index in [9.17, 15) is 9.90 Å². The summed E-state index contributed by atoms with van der Waals surface area (Å²) in [5, 5.41) is 10.8. The van der Waals surface area contributed by atoms with E-state index in [1.165, 1.54) is 6.07 Å².